The topological polar surface area (TPSA) is 35.2 Å². The average molecular weight is 214 g/mol. The van der Waals surface area contributed by atoms with Gasteiger partial charge in [-0.2, -0.15) is 0 Å². The average Bonchev–Trinajstić information content (AvgIpc) is 2.15. The van der Waals surface area contributed by atoms with E-state index in [1.807, 2.05) is 25.1 Å². The van der Waals surface area contributed by atoms with Crippen molar-refractivity contribution in [2.24, 2.45) is 5.73 Å². The maximum absolute atomic E-state index is 5.90. The quantitative estimate of drug-likeness (QED) is 0.835. The molecule has 0 aliphatic carbocycles. The molecule has 0 amide bonds. The highest BCUT2D eigenvalue weighted by atomic mass is 35.5. The van der Waals surface area contributed by atoms with Crippen molar-refractivity contribution in [2.45, 2.75) is 25.8 Å². The zero-order valence-electron chi connectivity index (χ0n) is 8.59. The molecule has 0 fully saturated rings. The number of hydrogen-bond acceptors (Lipinski definition) is 2. The lowest BCUT2D eigenvalue weighted by Gasteiger charge is -2.10. The maximum atomic E-state index is 5.90. The van der Waals surface area contributed by atoms with Gasteiger partial charge in [-0.25, -0.2) is 0 Å². The van der Waals surface area contributed by atoms with Gasteiger partial charge in [0.2, 0.25) is 0 Å². The first-order chi connectivity index (χ1) is 6.63. The first kappa shape index (κ1) is 11.3. The van der Waals surface area contributed by atoms with Crippen LogP contribution in [-0.4, -0.2) is 13.2 Å². The normalized spacial score (nSPS) is 12.6. The Labute approximate surface area is 90.0 Å². The van der Waals surface area contributed by atoms with Crippen LogP contribution in [0.1, 0.15) is 18.9 Å². The minimum absolute atomic E-state index is 0.207. The van der Waals surface area contributed by atoms with Crippen molar-refractivity contribution in [3.8, 4) is 5.75 Å². The summed E-state index contributed by atoms with van der Waals surface area (Å²) < 4.78 is 5.23. The van der Waals surface area contributed by atoms with Crippen molar-refractivity contribution in [1.82, 2.24) is 0 Å². The van der Waals surface area contributed by atoms with Crippen molar-refractivity contribution < 1.29 is 4.74 Å². The number of benzene rings is 1. The van der Waals surface area contributed by atoms with Gasteiger partial charge in [0.05, 0.1) is 7.11 Å². The summed E-state index contributed by atoms with van der Waals surface area (Å²) >= 11 is 5.90. The standard InChI is InChI=1S/C11H16ClNO/c1-8(13)3-4-9-7-10(12)5-6-11(9)14-2/h5-8H,3-4,13H2,1-2H3/t8-/m0/s1. The second kappa shape index (κ2) is 5.23. The van der Waals surface area contributed by atoms with Crippen LogP contribution in [0, 0.1) is 0 Å². The molecule has 0 aliphatic rings. The van der Waals surface area contributed by atoms with Crippen LogP contribution in [0.4, 0.5) is 0 Å². The molecule has 0 aliphatic heterocycles. The Hall–Kier alpha value is -0.730. The summed E-state index contributed by atoms with van der Waals surface area (Å²) in [5, 5.41) is 0.741. The molecule has 0 radical (unpaired) electrons. The third kappa shape index (κ3) is 3.20. The first-order valence-electron chi connectivity index (χ1n) is 4.71. The Morgan fingerprint density at radius 3 is 2.79 bits per heavy atom. The van der Waals surface area contributed by atoms with Crippen LogP contribution in [0.2, 0.25) is 5.02 Å². The van der Waals surface area contributed by atoms with Crippen molar-refractivity contribution in [3.63, 3.8) is 0 Å². The lowest BCUT2D eigenvalue weighted by Crippen LogP contribution is -2.15. The van der Waals surface area contributed by atoms with E-state index in [4.69, 9.17) is 22.1 Å². The first-order valence-corrected chi connectivity index (χ1v) is 5.09. The molecule has 1 atom stereocenters. The summed E-state index contributed by atoms with van der Waals surface area (Å²) in [6.07, 6.45) is 1.85. The number of halogens is 1. The van der Waals surface area contributed by atoms with E-state index in [2.05, 4.69) is 0 Å². The molecular weight excluding hydrogens is 198 g/mol. The molecule has 2 N–H and O–H groups in total. The van der Waals surface area contributed by atoms with Gasteiger partial charge in [0.25, 0.3) is 0 Å². The Morgan fingerprint density at radius 1 is 1.50 bits per heavy atom. The van der Waals surface area contributed by atoms with Crippen molar-refractivity contribution in [2.75, 3.05) is 7.11 Å². The van der Waals surface area contributed by atoms with Crippen molar-refractivity contribution in [3.05, 3.63) is 28.8 Å². The van der Waals surface area contributed by atoms with Crippen LogP contribution in [-0.2, 0) is 6.42 Å². The van der Waals surface area contributed by atoms with Gasteiger partial charge in [-0.15, -0.1) is 0 Å². The lowest BCUT2D eigenvalue weighted by molar-refractivity contribution is 0.408. The molecule has 0 bridgehead atoms. The summed E-state index contributed by atoms with van der Waals surface area (Å²) in [6.45, 7) is 2.00. The van der Waals surface area contributed by atoms with Crippen LogP contribution >= 0.6 is 11.6 Å². The summed E-state index contributed by atoms with van der Waals surface area (Å²) in [7, 11) is 1.67. The van der Waals surface area contributed by atoms with Gasteiger partial charge in [0, 0.05) is 11.1 Å². The number of methoxy groups -OCH3 is 1. The second-order valence-electron chi connectivity index (χ2n) is 3.47. The summed E-state index contributed by atoms with van der Waals surface area (Å²) in [6, 6.07) is 5.86. The van der Waals surface area contributed by atoms with Crippen LogP contribution in [0.25, 0.3) is 0 Å². The summed E-state index contributed by atoms with van der Waals surface area (Å²) in [5.74, 6) is 0.884. The Balaban J connectivity index is 2.77. The molecule has 0 unspecified atom stereocenters. The van der Waals surface area contributed by atoms with Gasteiger partial charge in [0.1, 0.15) is 5.75 Å². The van der Waals surface area contributed by atoms with Crippen LogP contribution in [0.15, 0.2) is 18.2 Å². The second-order valence-corrected chi connectivity index (χ2v) is 3.91. The number of rotatable bonds is 4. The van der Waals surface area contributed by atoms with E-state index in [0.29, 0.717) is 0 Å². The molecule has 1 aromatic carbocycles. The molecule has 0 spiro atoms. The van der Waals surface area contributed by atoms with E-state index in [1.165, 1.54) is 0 Å². The maximum Gasteiger partial charge on any atom is 0.122 e. The highest BCUT2D eigenvalue weighted by Gasteiger charge is 2.04. The van der Waals surface area contributed by atoms with Crippen LogP contribution < -0.4 is 10.5 Å². The summed E-state index contributed by atoms with van der Waals surface area (Å²) in [5.41, 5.74) is 6.82. The number of hydrogen-bond donors (Lipinski definition) is 1. The van der Waals surface area contributed by atoms with E-state index < -0.39 is 0 Å². The minimum atomic E-state index is 0.207. The smallest absolute Gasteiger partial charge is 0.122 e. The van der Waals surface area contributed by atoms with E-state index in [-0.39, 0.29) is 6.04 Å². The molecular formula is C11H16ClNO. The summed E-state index contributed by atoms with van der Waals surface area (Å²) in [4.78, 5) is 0. The molecule has 78 valence electrons. The third-order valence-corrected chi connectivity index (χ3v) is 2.35. The molecule has 0 heterocycles. The van der Waals surface area contributed by atoms with Crippen LogP contribution in [0.3, 0.4) is 0 Å². The molecule has 0 aromatic heterocycles. The Bertz CT molecular complexity index is 299. The van der Waals surface area contributed by atoms with E-state index in [9.17, 15) is 0 Å². The molecule has 1 aromatic rings. The molecule has 0 saturated carbocycles. The molecule has 14 heavy (non-hydrogen) atoms. The minimum Gasteiger partial charge on any atom is -0.496 e. The highest BCUT2D eigenvalue weighted by molar-refractivity contribution is 6.30. The Kier molecular flexibility index (Phi) is 4.23. The molecule has 1 rings (SSSR count). The molecule has 2 nitrogen and oxygen atoms in total. The zero-order chi connectivity index (χ0) is 10.6. The predicted molar refractivity (Wildman–Crippen MR) is 60.0 cm³/mol. The van der Waals surface area contributed by atoms with Gasteiger partial charge in [0.15, 0.2) is 0 Å². The van der Waals surface area contributed by atoms with E-state index >= 15 is 0 Å². The van der Waals surface area contributed by atoms with Gasteiger partial charge < -0.3 is 10.5 Å². The highest BCUT2D eigenvalue weighted by Crippen LogP contribution is 2.23. The largest absolute Gasteiger partial charge is 0.496 e. The molecule has 0 saturated heterocycles. The van der Waals surface area contributed by atoms with Gasteiger partial charge in [-0.3, -0.25) is 0 Å². The number of ether oxygens (including phenoxy) is 1. The monoisotopic (exact) mass is 213 g/mol. The number of nitrogens with two attached hydrogens (primary N) is 1. The van der Waals surface area contributed by atoms with Gasteiger partial charge in [-0.05, 0) is 43.5 Å². The van der Waals surface area contributed by atoms with E-state index in [0.717, 1.165) is 29.2 Å². The lowest BCUT2D eigenvalue weighted by atomic mass is 10.1. The zero-order valence-corrected chi connectivity index (χ0v) is 9.34. The van der Waals surface area contributed by atoms with Gasteiger partial charge >= 0.3 is 0 Å². The SMILES string of the molecule is COc1ccc(Cl)cc1CC[C@H](C)N. The third-order valence-electron chi connectivity index (χ3n) is 2.11. The fraction of sp³-hybridized carbons (Fsp3) is 0.455. The van der Waals surface area contributed by atoms with Crippen LogP contribution in [0.5, 0.6) is 5.75 Å². The van der Waals surface area contributed by atoms with Crippen molar-refractivity contribution in [1.29, 1.82) is 0 Å². The predicted octanol–water partition coefficient (Wildman–Crippen LogP) is 2.63. The fourth-order valence-corrected chi connectivity index (χ4v) is 1.52. The van der Waals surface area contributed by atoms with Gasteiger partial charge in [-0.1, -0.05) is 11.6 Å². The molecule has 3 heteroatoms. The van der Waals surface area contributed by atoms with Crippen molar-refractivity contribution >= 4 is 11.6 Å². The Morgan fingerprint density at radius 2 is 2.21 bits per heavy atom. The fourth-order valence-electron chi connectivity index (χ4n) is 1.33. The van der Waals surface area contributed by atoms with E-state index in [1.54, 1.807) is 7.11 Å². The number of aryl methyl sites for hydroxylation is 1.